The van der Waals surface area contributed by atoms with Crippen LogP contribution >= 0.6 is 0 Å². The van der Waals surface area contributed by atoms with Crippen molar-refractivity contribution in [1.29, 1.82) is 5.26 Å². The third kappa shape index (κ3) is 3.49. The number of sulfone groups is 1. The molecule has 0 fully saturated rings. The number of fused-ring (bicyclic) bond motifs is 1. The minimum Gasteiger partial charge on any atom is -0.370 e. The van der Waals surface area contributed by atoms with Crippen molar-refractivity contribution >= 4 is 27.4 Å². The highest BCUT2D eigenvalue weighted by atomic mass is 32.2. The van der Waals surface area contributed by atoms with Crippen molar-refractivity contribution in [1.82, 2.24) is 4.98 Å². The number of rotatable bonds is 4. The van der Waals surface area contributed by atoms with E-state index in [2.05, 4.69) is 4.98 Å². The van der Waals surface area contributed by atoms with Gasteiger partial charge in [0.15, 0.2) is 5.03 Å². The summed E-state index contributed by atoms with van der Waals surface area (Å²) >= 11 is 0. The molecule has 0 bridgehead atoms. The third-order valence-corrected chi connectivity index (χ3v) is 5.99. The minimum absolute atomic E-state index is 0.0232. The van der Waals surface area contributed by atoms with E-state index in [-0.39, 0.29) is 28.8 Å². The first-order chi connectivity index (χ1) is 13.5. The van der Waals surface area contributed by atoms with E-state index in [0.717, 1.165) is 6.07 Å². The van der Waals surface area contributed by atoms with E-state index in [9.17, 15) is 31.6 Å². The van der Waals surface area contributed by atoms with Crippen LogP contribution in [0, 0.1) is 18.3 Å². The third-order valence-electron chi connectivity index (χ3n) is 4.62. The maximum atomic E-state index is 13.0. The number of benzene rings is 1. The molecule has 1 unspecified atom stereocenters. The van der Waals surface area contributed by atoms with Gasteiger partial charge in [-0.15, -0.1) is 0 Å². The van der Waals surface area contributed by atoms with Gasteiger partial charge in [-0.25, -0.2) is 13.4 Å². The summed E-state index contributed by atoms with van der Waals surface area (Å²) in [7, 11) is -5.72. The average Bonchev–Trinajstić information content (AvgIpc) is 2.98. The average molecular weight is 421 g/mol. The number of nitrogens with two attached hydrogens (primary N) is 1. The zero-order valence-corrected chi connectivity index (χ0v) is 15.8. The van der Waals surface area contributed by atoms with Crippen LogP contribution in [0.25, 0.3) is 11.6 Å². The lowest BCUT2D eigenvalue weighted by molar-refractivity contribution is -0.118. The number of alkyl halides is 3. The molecule has 3 rings (SSSR count). The molecule has 0 spiro atoms. The van der Waals surface area contributed by atoms with E-state index in [1.165, 1.54) is 6.92 Å². The number of allylic oxidation sites excluding steroid dienone is 1. The number of pyridine rings is 1. The second-order valence-electron chi connectivity index (χ2n) is 6.51. The van der Waals surface area contributed by atoms with E-state index < -0.39 is 32.2 Å². The van der Waals surface area contributed by atoms with Crippen molar-refractivity contribution in [2.24, 2.45) is 5.73 Å². The maximum absolute atomic E-state index is 13.0. The Morgan fingerprint density at radius 1 is 1.31 bits per heavy atom. The Hall–Kier alpha value is -3.19. The molecule has 1 aliphatic carbocycles. The molecule has 0 saturated carbocycles. The van der Waals surface area contributed by atoms with E-state index in [4.69, 9.17) is 5.73 Å². The van der Waals surface area contributed by atoms with Crippen molar-refractivity contribution in [2.45, 2.75) is 29.8 Å². The molecule has 1 heterocycles. The standard InChI is InChI=1S/C19H14F3N3O3S/c1-10-6-17(29(27,28)19(20,21)22)25-18(15(10)9-23)14-7-11-4-2-3-5-12(11)13(14)8-16(24)26/h2-7,13H,8H2,1H3,(H2,24,26). The van der Waals surface area contributed by atoms with Gasteiger partial charge in [0.2, 0.25) is 5.91 Å². The Kier molecular flexibility index (Phi) is 4.96. The predicted octanol–water partition coefficient (Wildman–Crippen LogP) is 3.07. The molecule has 1 aromatic carbocycles. The zero-order valence-electron chi connectivity index (χ0n) is 15.0. The number of nitriles is 1. The van der Waals surface area contributed by atoms with Gasteiger partial charge in [-0.05, 0) is 41.3 Å². The summed E-state index contributed by atoms with van der Waals surface area (Å²) in [4.78, 5) is 15.3. The lowest BCUT2D eigenvalue weighted by atomic mass is 9.88. The molecule has 6 nitrogen and oxygen atoms in total. The van der Waals surface area contributed by atoms with Gasteiger partial charge in [0.05, 0.1) is 11.3 Å². The van der Waals surface area contributed by atoms with E-state index >= 15 is 0 Å². The van der Waals surface area contributed by atoms with Crippen LogP contribution < -0.4 is 5.73 Å². The molecule has 10 heteroatoms. The molecule has 0 saturated heterocycles. The maximum Gasteiger partial charge on any atom is 0.503 e. The molecular weight excluding hydrogens is 407 g/mol. The van der Waals surface area contributed by atoms with Gasteiger partial charge >= 0.3 is 5.51 Å². The van der Waals surface area contributed by atoms with Crippen LogP contribution in [0.5, 0.6) is 0 Å². The highest BCUT2D eigenvalue weighted by Gasteiger charge is 2.48. The fraction of sp³-hybridized carbons (Fsp3) is 0.211. The second-order valence-corrected chi connectivity index (χ2v) is 8.40. The summed E-state index contributed by atoms with van der Waals surface area (Å²) < 4.78 is 62.9. The van der Waals surface area contributed by atoms with Crippen molar-refractivity contribution in [3.05, 3.63) is 58.3 Å². The van der Waals surface area contributed by atoms with Crippen LogP contribution in [0.1, 0.15) is 40.3 Å². The Labute approximate surface area is 164 Å². The first-order valence-electron chi connectivity index (χ1n) is 8.29. The van der Waals surface area contributed by atoms with Crippen LogP contribution in [-0.2, 0) is 14.6 Å². The summed E-state index contributed by atoms with van der Waals surface area (Å²) in [5.74, 6) is -1.32. The molecule has 0 radical (unpaired) electrons. The second kappa shape index (κ2) is 7.00. The predicted molar refractivity (Wildman–Crippen MR) is 97.8 cm³/mol. The number of aromatic nitrogens is 1. The summed E-state index contributed by atoms with van der Waals surface area (Å²) in [5, 5.41) is 8.32. The van der Waals surface area contributed by atoms with Crippen LogP contribution in [0.2, 0.25) is 0 Å². The molecule has 2 aromatic rings. The molecule has 2 N–H and O–H groups in total. The Balaban J connectivity index is 2.28. The normalized spacial score (nSPS) is 16.1. The van der Waals surface area contributed by atoms with Gasteiger partial charge in [0, 0.05) is 12.3 Å². The number of carbonyl (C=O) groups is 1. The number of nitrogens with zero attached hydrogens (tertiary/aromatic N) is 2. The zero-order chi connectivity index (χ0) is 21.6. The fourth-order valence-electron chi connectivity index (χ4n) is 3.30. The van der Waals surface area contributed by atoms with Gasteiger partial charge in [-0.3, -0.25) is 4.79 Å². The molecular formula is C19H14F3N3O3S. The quantitative estimate of drug-likeness (QED) is 0.815. The number of amides is 1. The lowest BCUT2D eigenvalue weighted by Crippen LogP contribution is -2.25. The molecule has 150 valence electrons. The molecule has 1 aromatic heterocycles. The first-order valence-corrected chi connectivity index (χ1v) is 9.78. The summed E-state index contributed by atoms with van der Waals surface area (Å²) in [6, 6.07) is 9.48. The van der Waals surface area contributed by atoms with Crippen molar-refractivity contribution in [3.63, 3.8) is 0 Å². The van der Waals surface area contributed by atoms with E-state index in [1.807, 2.05) is 6.07 Å². The number of halogens is 3. The Morgan fingerprint density at radius 3 is 2.55 bits per heavy atom. The van der Waals surface area contributed by atoms with Crippen molar-refractivity contribution in [2.75, 3.05) is 0 Å². The number of hydrogen-bond acceptors (Lipinski definition) is 5. The molecule has 1 amide bonds. The highest BCUT2D eigenvalue weighted by Crippen LogP contribution is 2.45. The lowest BCUT2D eigenvalue weighted by Gasteiger charge is -2.18. The molecule has 1 atom stereocenters. The number of aryl methyl sites for hydroxylation is 1. The Bertz CT molecular complexity index is 1200. The number of hydrogen-bond donors (Lipinski definition) is 1. The molecule has 29 heavy (non-hydrogen) atoms. The van der Waals surface area contributed by atoms with Crippen molar-refractivity contribution in [3.8, 4) is 6.07 Å². The summed E-state index contributed by atoms with van der Waals surface area (Å²) in [6.45, 7) is 1.32. The van der Waals surface area contributed by atoms with Crippen LogP contribution in [-0.4, -0.2) is 24.8 Å². The largest absolute Gasteiger partial charge is 0.503 e. The van der Waals surface area contributed by atoms with E-state index in [0.29, 0.717) is 11.1 Å². The Morgan fingerprint density at radius 2 is 1.97 bits per heavy atom. The number of carbonyl (C=O) groups excluding carboxylic acids is 1. The smallest absolute Gasteiger partial charge is 0.370 e. The topological polar surface area (TPSA) is 114 Å². The van der Waals surface area contributed by atoms with Crippen LogP contribution in [0.4, 0.5) is 13.2 Å². The SMILES string of the molecule is Cc1cc(S(=O)(=O)C(F)(F)F)nc(C2=Cc3ccccc3C2CC(N)=O)c1C#N. The monoisotopic (exact) mass is 421 g/mol. The fourth-order valence-corrected chi connectivity index (χ4v) is 4.08. The first kappa shape index (κ1) is 20.5. The van der Waals surface area contributed by atoms with E-state index in [1.54, 1.807) is 30.3 Å². The van der Waals surface area contributed by atoms with Crippen LogP contribution in [0.3, 0.4) is 0 Å². The van der Waals surface area contributed by atoms with Gasteiger partial charge in [-0.2, -0.15) is 18.4 Å². The number of primary amides is 1. The summed E-state index contributed by atoms with van der Waals surface area (Å²) in [5.41, 5.74) is 1.17. The van der Waals surface area contributed by atoms with Gasteiger partial charge in [0.1, 0.15) is 6.07 Å². The van der Waals surface area contributed by atoms with Gasteiger partial charge in [-0.1, -0.05) is 24.3 Å². The summed E-state index contributed by atoms with van der Waals surface area (Å²) in [6.07, 6.45) is 1.40. The van der Waals surface area contributed by atoms with Gasteiger partial charge < -0.3 is 5.73 Å². The molecule has 1 aliphatic rings. The van der Waals surface area contributed by atoms with Crippen molar-refractivity contribution < 1.29 is 26.4 Å². The minimum atomic E-state index is -5.72. The molecule has 0 aliphatic heterocycles. The van der Waals surface area contributed by atoms with Gasteiger partial charge in [0.25, 0.3) is 9.84 Å². The highest BCUT2D eigenvalue weighted by molar-refractivity contribution is 7.92. The van der Waals surface area contributed by atoms with Crippen LogP contribution in [0.15, 0.2) is 35.4 Å².